The third kappa shape index (κ3) is 5.72. The number of esters is 1. The van der Waals surface area contributed by atoms with E-state index in [0.29, 0.717) is 22.2 Å². The summed E-state index contributed by atoms with van der Waals surface area (Å²) in [5.41, 5.74) is 1.34. The highest BCUT2D eigenvalue weighted by Gasteiger charge is 2.23. The standard InChI is InChI=1S/C19H23N3O5S/c1-12-6-2-3-7-13(12)20-18(25)22-16(23)10-26-17(24)11-28-19-21-14-8-4-5-9-15(14)27-19/h4-5,8-9,12-13H,2-3,6-7,10-11H2,1H3,(H2,20,22,23,25)/t12-,13+/m0/s1. The minimum absolute atomic E-state index is 0.0497. The lowest BCUT2D eigenvalue weighted by molar-refractivity contribution is -0.145. The van der Waals surface area contributed by atoms with E-state index >= 15 is 0 Å². The summed E-state index contributed by atoms with van der Waals surface area (Å²) < 4.78 is 10.4. The molecule has 3 rings (SSSR count). The Hall–Kier alpha value is -2.55. The van der Waals surface area contributed by atoms with Crippen molar-refractivity contribution in [2.75, 3.05) is 12.4 Å². The number of carbonyl (C=O) groups excluding carboxylic acids is 3. The fraction of sp³-hybridized carbons (Fsp3) is 0.474. The van der Waals surface area contributed by atoms with E-state index in [1.807, 2.05) is 18.2 Å². The molecule has 0 aliphatic heterocycles. The summed E-state index contributed by atoms with van der Waals surface area (Å²) in [6.45, 7) is 1.57. The van der Waals surface area contributed by atoms with E-state index in [1.165, 1.54) is 0 Å². The summed E-state index contributed by atoms with van der Waals surface area (Å²) in [7, 11) is 0. The molecular weight excluding hydrogens is 382 g/mol. The Morgan fingerprint density at radius 2 is 2.04 bits per heavy atom. The molecule has 2 aromatic rings. The maximum absolute atomic E-state index is 11.9. The number of imide groups is 1. The molecule has 2 N–H and O–H groups in total. The maximum atomic E-state index is 11.9. The minimum atomic E-state index is -0.666. The summed E-state index contributed by atoms with van der Waals surface area (Å²) in [6.07, 6.45) is 4.20. The van der Waals surface area contributed by atoms with Gasteiger partial charge in [0.25, 0.3) is 11.1 Å². The Morgan fingerprint density at radius 3 is 2.82 bits per heavy atom. The van der Waals surface area contributed by atoms with E-state index in [0.717, 1.165) is 37.4 Å². The average Bonchev–Trinajstić information content (AvgIpc) is 3.09. The smallest absolute Gasteiger partial charge is 0.321 e. The van der Waals surface area contributed by atoms with Gasteiger partial charge in [-0.25, -0.2) is 9.78 Å². The second kappa shape index (κ2) is 9.59. The molecular formula is C19H23N3O5S. The molecule has 9 heteroatoms. The normalized spacial score (nSPS) is 19.2. The molecule has 2 atom stereocenters. The molecule has 0 bridgehead atoms. The predicted molar refractivity (Wildman–Crippen MR) is 104 cm³/mol. The van der Waals surface area contributed by atoms with Crippen molar-refractivity contribution in [1.29, 1.82) is 0 Å². The molecule has 1 saturated carbocycles. The number of benzene rings is 1. The van der Waals surface area contributed by atoms with Crippen LogP contribution in [-0.4, -0.2) is 41.3 Å². The zero-order chi connectivity index (χ0) is 19.9. The van der Waals surface area contributed by atoms with Crippen LogP contribution in [0.15, 0.2) is 33.9 Å². The number of hydrogen-bond donors (Lipinski definition) is 2. The monoisotopic (exact) mass is 405 g/mol. The highest BCUT2D eigenvalue weighted by atomic mass is 32.2. The Labute approximate surface area is 166 Å². The maximum Gasteiger partial charge on any atom is 0.321 e. The number of nitrogens with one attached hydrogen (secondary N) is 2. The van der Waals surface area contributed by atoms with Crippen LogP contribution in [-0.2, 0) is 14.3 Å². The number of aromatic nitrogens is 1. The molecule has 1 aliphatic carbocycles. The Balaban J connectivity index is 1.35. The van der Waals surface area contributed by atoms with Gasteiger partial charge in [0.05, 0.1) is 0 Å². The molecule has 0 spiro atoms. The van der Waals surface area contributed by atoms with Gasteiger partial charge in [-0.2, -0.15) is 0 Å². The van der Waals surface area contributed by atoms with E-state index in [4.69, 9.17) is 9.15 Å². The number of carbonyl (C=O) groups is 3. The van der Waals surface area contributed by atoms with Crippen molar-refractivity contribution in [1.82, 2.24) is 15.6 Å². The lowest BCUT2D eigenvalue weighted by Gasteiger charge is -2.29. The van der Waals surface area contributed by atoms with Gasteiger partial charge in [0.1, 0.15) is 11.3 Å². The Morgan fingerprint density at radius 1 is 1.25 bits per heavy atom. The number of rotatable bonds is 6. The molecule has 1 aromatic carbocycles. The Bertz CT molecular complexity index is 820. The van der Waals surface area contributed by atoms with Crippen molar-refractivity contribution in [2.24, 2.45) is 5.92 Å². The number of ether oxygens (including phenoxy) is 1. The first kappa shape index (κ1) is 20.2. The number of thioether (sulfide) groups is 1. The van der Waals surface area contributed by atoms with Gasteiger partial charge in [-0.05, 0) is 30.9 Å². The largest absolute Gasteiger partial charge is 0.455 e. The second-order valence-corrected chi connectivity index (χ2v) is 7.71. The van der Waals surface area contributed by atoms with E-state index in [9.17, 15) is 14.4 Å². The van der Waals surface area contributed by atoms with Crippen molar-refractivity contribution in [3.8, 4) is 0 Å². The van der Waals surface area contributed by atoms with Gasteiger partial charge < -0.3 is 14.5 Å². The van der Waals surface area contributed by atoms with Crippen LogP contribution in [0.5, 0.6) is 0 Å². The SMILES string of the molecule is C[C@H]1CCCC[C@H]1NC(=O)NC(=O)COC(=O)CSc1nc2ccccc2o1. The van der Waals surface area contributed by atoms with E-state index < -0.39 is 24.5 Å². The minimum Gasteiger partial charge on any atom is -0.455 e. The van der Waals surface area contributed by atoms with Gasteiger partial charge in [0.15, 0.2) is 12.2 Å². The van der Waals surface area contributed by atoms with Crippen LogP contribution in [0.25, 0.3) is 11.1 Å². The molecule has 8 nitrogen and oxygen atoms in total. The molecule has 0 saturated heterocycles. The number of fused-ring (bicyclic) bond motifs is 1. The summed E-state index contributed by atoms with van der Waals surface area (Å²) in [4.78, 5) is 39.7. The lowest BCUT2D eigenvalue weighted by atomic mass is 9.86. The van der Waals surface area contributed by atoms with Crippen LogP contribution in [0.1, 0.15) is 32.6 Å². The number of amides is 3. The van der Waals surface area contributed by atoms with E-state index in [1.54, 1.807) is 6.07 Å². The number of oxazole rings is 1. The van der Waals surface area contributed by atoms with Crippen LogP contribution in [0.2, 0.25) is 0 Å². The zero-order valence-corrected chi connectivity index (χ0v) is 16.4. The number of para-hydroxylation sites is 2. The molecule has 1 fully saturated rings. The van der Waals surface area contributed by atoms with Crippen molar-refractivity contribution < 1.29 is 23.5 Å². The second-order valence-electron chi connectivity index (χ2n) is 6.79. The van der Waals surface area contributed by atoms with Crippen LogP contribution in [0.4, 0.5) is 4.79 Å². The van der Waals surface area contributed by atoms with Crippen molar-refractivity contribution in [2.45, 2.75) is 43.9 Å². The van der Waals surface area contributed by atoms with Gasteiger partial charge in [0, 0.05) is 6.04 Å². The van der Waals surface area contributed by atoms with Crippen molar-refractivity contribution in [3.05, 3.63) is 24.3 Å². The van der Waals surface area contributed by atoms with E-state index in [2.05, 4.69) is 22.5 Å². The first-order chi connectivity index (χ1) is 13.5. The van der Waals surface area contributed by atoms with Crippen molar-refractivity contribution >= 4 is 40.8 Å². The summed E-state index contributed by atoms with van der Waals surface area (Å²) in [6, 6.07) is 6.79. The first-order valence-corrected chi connectivity index (χ1v) is 10.2. The molecule has 3 amide bonds. The average molecular weight is 405 g/mol. The van der Waals surface area contributed by atoms with Gasteiger partial charge >= 0.3 is 12.0 Å². The van der Waals surface area contributed by atoms with Crippen molar-refractivity contribution in [3.63, 3.8) is 0 Å². The number of nitrogens with zero attached hydrogens (tertiary/aromatic N) is 1. The van der Waals surface area contributed by atoms with Gasteiger partial charge in [-0.1, -0.05) is 43.7 Å². The fourth-order valence-corrected chi connectivity index (χ4v) is 3.76. The third-order valence-electron chi connectivity index (χ3n) is 4.63. The molecule has 1 aliphatic rings. The highest BCUT2D eigenvalue weighted by Crippen LogP contribution is 2.24. The van der Waals surface area contributed by atoms with Gasteiger partial charge in [-0.15, -0.1) is 0 Å². The molecule has 0 unspecified atom stereocenters. The topological polar surface area (TPSA) is 111 Å². The lowest BCUT2D eigenvalue weighted by Crippen LogP contribution is -2.48. The van der Waals surface area contributed by atoms with E-state index in [-0.39, 0.29) is 11.8 Å². The van der Waals surface area contributed by atoms with Gasteiger partial charge in [-0.3, -0.25) is 14.9 Å². The number of hydrogen-bond acceptors (Lipinski definition) is 7. The van der Waals surface area contributed by atoms with Crippen LogP contribution >= 0.6 is 11.8 Å². The Kier molecular flexibility index (Phi) is 6.91. The molecule has 1 heterocycles. The summed E-state index contributed by atoms with van der Waals surface area (Å²) in [5, 5.41) is 5.35. The predicted octanol–water partition coefficient (Wildman–Crippen LogP) is 2.87. The number of urea groups is 1. The van der Waals surface area contributed by atoms with Crippen LogP contribution in [0.3, 0.4) is 0 Å². The zero-order valence-electron chi connectivity index (χ0n) is 15.6. The highest BCUT2D eigenvalue weighted by molar-refractivity contribution is 7.99. The van der Waals surface area contributed by atoms with Gasteiger partial charge in [0.2, 0.25) is 0 Å². The third-order valence-corrected chi connectivity index (χ3v) is 5.43. The molecule has 1 aromatic heterocycles. The fourth-order valence-electron chi connectivity index (χ4n) is 3.12. The van der Waals surface area contributed by atoms with Crippen LogP contribution < -0.4 is 10.6 Å². The quantitative estimate of drug-likeness (QED) is 0.561. The molecule has 0 radical (unpaired) electrons. The molecule has 150 valence electrons. The summed E-state index contributed by atoms with van der Waals surface area (Å²) in [5.74, 6) is -0.924. The first-order valence-electron chi connectivity index (χ1n) is 9.25. The van der Waals surface area contributed by atoms with Crippen LogP contribution in [0, 0.1) is 5.92 Å². The molecule has 28 heavy (non-hydrogen) atoms. The summed E-state index contributed by atoms with van der Waals surface area (Å²) >= 11 is 1.08.